The zero-order valence-electron chi connectivity index (χ0n) is 20.1. The summed E-state index contributed by atoms with van der Waals surface area (Å²) in [5.74, 6) is 3.97. The van der Waals surface area contributed by atoms with Gasteiger partial charge in [0.2, 0.25) is 11.9 Å². The van der Waals surface area contributed by atoms with Gasteiger partial charge in [-0.3, -0.25) is 14.3 Å². The number of piperazine rings is 1. The average molecular weight is 493 g/mol. The van der Waals surface area contributed by atoms with Gasteiger partial charge in [0.25, 0.3) is 0 Å². The first-order valence-electron chi connectivity index (χ1n) is 12.4. The van der Waals surface area contributed by atoms with E-state index in [9.17, 15) is 4.79 Å². The van der Waals surface area contributed by atoms with E-state index in [1.54, 1.807) is 7.11 Å². The monoisotopic (exact) mass is 492 g/mol. The number of hydrogen-bond acceptors (Lipinski definition) is 7. The quantitative estimate of drug-likeness (QED) is 0.587. The second kappa shape index (κ2) is 9.72. The van der Waals surface area contributed by atoms with Gasteiger partial charge < -0.3 is 19.9 Å². The number of benzene rings is 2. The first-order chi connectivity index (χ1) is 17.2. The molecule has 4 heterocycles. The lowest BCUT2D eigenvalue weighted by Gasteiger charge is -2.38. The highest BCUT2D eigenvalue weighted by molar-refractivity contribution is 7.99. The van der Waals surface area contributed by atoms with E-state index in [2.05, 4.69) is 50.0 Å². The maximum Gasteiger partial charge on any atom is 0.240 e. The van der Waals surface area contributed by atoms with Crippen LogP contribution in [0.2, 0.25) is 0 Å². The van der Waals surface area contributed by atoms with Crippen LogP contribution < -0.4 is 15.0 Å². The Kier molecular flexibility index (Phi) is 6.30. The summed E-state index contributed by atoms with van der Waals surface area (Å²) < 4.78 is 7.70. The second-order valence-corrected chi connectivity index (χ2v) is 10.5. The molecule has 0 spiro atoms. The Morgan fingerprint density at radius 2 is 1.91 bits per heavy atom. The van der Waals surface area contributed by atoms with Crippen LogP contribution in [0.3, 0.4) is 0 Å². The lowest BCUT2D eigenvalue weighted by atomic mass is 10.1. The molecular weight excluding hydrogens is 460 g/mol. The second-order valence-electron chi connectivity index (χ2n) is 9.45. The van der Waals surface area contributed by atoms with Crippen molar-refractivity contribution in [3.8, 4) is 11.4 Å². The number of fused-ring (bicyclic) bond motifs is 1. The van der Waals surface area contributed by atoms with Crippen LogP contribution in [0.15, 0.2) is 48.5 Å². The van der Waals surface area contributed by atoms with E-state index in [0.29, 0.717) is 6.04 Å². The third-order valence-electron chi connectivity index (χ3n) is 7.44. The summed E-state index contributed by atoms with van der Waals surface area (Å²) in [6.07, 6.45) is 0.905. The molecule has 3 saturated heterocycles. The van der Waals surface area contributed by atoms with Gasteiger partial charge in [-0.1, -0.05) is 18.2 Å². The van der Waals surface area contributed by atoms with Crippen molar-refractivity contribution in [1.82, 2.24) is 24.7 Å². The number of amides is 1. The minimum absolute atomic E-state index is 0.0333. The van der Waals surface area contributed by atoms with Gasteiger partial charge >= 0.3 is 0 Å². The first kappa shape index (κ1) is 22.7. The summed E-state index contributed by atoms with van der Waals surface area (Å²) in [5, 5.41) is 3.50. The van der Waals surface area contributed by atoms with E-state index in [-0.39, 0.29) is 11.9 Å². The molecule has 0 aliphatic carbocycles. The number of ether oxygens (including phenoxy) is 1. The molecule has 1 aromatic heterocycles. The number of nitrogens with zero attached hydrogens (tertiary/aromatic N) is 5. The number of aromatic nitrogens is 2. The number of rotatable bonds is 5. The molecule has 2 atom stereocenters. The van der Waals surface area contributed by atoms with Gasteiger partial charge in [0, 0.05) is 62.8 Å². The van der Waals surface area contributed by atoms with Crippen molar-refractivity contribution < 1.29 is 9.53 Å². The molecule has 0 radical (unpaired) electrons. The number of carbonyl (C=O) groups is 1. The molecule has 8 nitrogen and oxygen atoms in total. The van der Waals surface area contributed by atoms with Crippen molar-refractivity contribution in [2.75, 3.05) is 62.9 Å². The Balaban J connectivity index is 1.18. The third kappa shape index (κ3) is 4.37. The molecule has 3 fully saturated rings. The highest BCUT2D eigenvalue weighted by Crippen LogP contribution is 2.30. The fourth-order valence-electron chi connectivity index (χ4n) is 5.50. The summed E-state index contributed by atoms with van der Waals surface area (Å²) >= 11 is 1.85. The summed E-state index contributed by atoms with van der Waals surface area (Å²) in [4.78, 5) is 24.8. The Hall–Kier alpha value is -2.75. The molecule has 9 heteroatoms. The summed E-state index contributed by atoms with van der Waals surface area (Å²) in [5.41, 5.74) is 3.13. The number of imidazole rings is 1. The lowest BCUT2D eigenvalue weighted by Crippen LogP contribution is -2.51. The maximum absolute atomic E-state index is 12.8. The minimum Gasteiger partial charge on any atom is -0.497 e. The maximum atomic E-state index is 12.8. The Bertz CT molecular complexity index is 1190. The first-order valence-corrected chi connectivity index (χ1v) is 13.6. The minimum atomic E-state index is -0.0333. The summed E-state index contributed by atoms with van der Waals surface area (Å²) in [6, 6.07) is 16.9. The number of nitrogens with one attached hydrogen (secondary N) is 1. The third-order valence-corrected chi connectivity index (χ3v) is 8.41. The highest BCUT2D eigenvalue weighted by Gasteiger charge is 2.37. The molecule has 0 bridgehead atoms. The SMILES string of the molecule is COc1ccc2c(c1)nc(N1CCN([C@@H]3CN[C@H](C(=O)N4CCSC4)C3)CC1)n2-c1ccccc1. The van der Waals surface area contributed by atoms with Crippen molar-refractivity contribution in [2.24, 2.45) is 0 Å². The van der Waals surface area contributed by atoms with Crippen molar-refractivity contribution in [2.45, 2.75) is 18.5 Å². The predicted octanol–water partition coefficient (Wildman–Crippen LogP) is 2.42. The normalized spacial score (nSPS) is 23.3. The molecule has 6 rings (SSSR count). The summed E-state index contributed by atoms with van der Waals surface area (Å²) in [7, 11) is 1.69. The molecule has 35 heavy (non-hydrogen) atoms. The van der Waals surface area contributed by atoms with Crippen molar-refractivity contribution in [3.05, 3.63) is 48.5 Å². The average Bonchev–Trinajstić information content (AvgIpc) is 3.68. The van der Waals surface area contributed by atoms with Crippen LogP contribution in [0.4, 0.5) is 5.95 Å². The molecular formula is C26H32N6O2S. The van der Waals surface area contributed by atoms with Crippen molar-refractivity contribution in [1.29, 1.82) is 0 Å². The number of methoxy groups -OCH3 is 1. The number of para-hydroxylation sites is 1. The molecule has 3 aromatic rings. The number of carbonyl (C=O) groups excluding carboxylic acids is 1. The van der Waals surface area contributed by atoms with Crippen LogP contribution in [0.25, 0.3) is 16.7 Å². The van der Waals surface area contributed by atoms with Crippen molar-refractivity contribution >= 4 is 34.7 Å². The molecule has 0 unspecified atom stereocenters. The number of thioether (sulfide) groups is 1. The largest absolute Gasteiger partial charge is 0.497 e. The van der Waals surface area contributed by atoms with Gasteiger partial charge in [-0.15, -0.1) is 11.8 Å². The van der Waals surface area contributed by atoms with Gasteiger partial charge in [0.1, 0.15) is 5.75 Å². The van der Waals surface area contributed by atoms with Crippen LogP contribution in [-0.4, -0.2) is 95.3 Å². The molecule has 184 valence electrons. The van der Waals surface area contributed by atoms with Crippen LogP contribution >= 0.6 is 11.8 Å². The predicted molar refractivity (Wildman–Crippen MR) is 141 cm³/mol. The van der Waals surface area contributed by atoms with Gasteiger partial charge in [-0.05, 0) is 30.7 Å². The van der Waals surface area contributed by atoms with Crippen LogP contribution in [0.1, 0.15) is 6.42 Å². The summed E-state index contributed by atoms with van der Waals surface area (Å²) in [6.45, 7) is 5.53. The van der Waals surface area contributed by atoms with Crippen LogP contribution in [-0.2, 0) is 4.79 Å². The van der Waals surface area contributed by atoms with E-state index in [4.69, 9.17) is 9.72 Å². The van der Waals surface area contributed by atoms with E-state index < -0.39 is 0 Å². The number of hydrogen-bond donors (Lipinski definition) is 1. The van der Waals surface area contributed by atoms with E-state index in [0.717, 1.165) is 85.7 Å². The van der Waals surface area contributed by atoms with Gasteiger partial charge in [-0.25, -0.2) is 4.98 Å². The molecule has 3 aliphatic rings. The molecule has 1 amide bonds. The molecule has 3 aliphatic heterocycles. The van der Waals surface area contributed by atoms with Gasteiger partial charge in [-0.2, -0.15) is 0 Å². The molecule has 0 saturated carbocycles. The molecule has 2 aromatic carbocycles. The zero-order chi connectivity index (χ0) is 23.8. The topological polar surface area (TPSA) is 65.9 Å². The van der Waals surface area contributed by atoms with Crippen LogP contribution in [0, 0.1) is 0 Å². The van der Waals surface area contributed by atoms with E-state index >= 15 is 0 Å². The van der Waals surface area contributed by atoms with Crippen molar-refractivity contribution in [3.63, 3.8) is 0 Å². The number of anilines is 1. The lowest BCUT2D eigenvalue weighted by molar-refractivity contribution is -0.131. The highest BCUT2D eigenvalue weighted by atomic mass is 32.2. The fraction of sp³-hybridized carbons (Fsp3) is 0.462. The Morgan fingerprint density at radius 3 is 2.66 bits per heavy atom. The zero-order valence-corrected chi connectivity index (χ0v) is 20.9. The Morgan fingerprint density at radius 1 is 1.09 bits per heavy atom. The van der Waals surface area contributed by atoms with E-state index in [1.807, 2.05) is 34.9 Å². The van der Waals surface area contributed by atoms with Gasteiger partial charge in [0.05, 0.1) is 30.1 Å². The smallest absolute Gasteiger partial charge is 0.240 e. The van der Waals surface area contributed by atoms with Crippen LogP contribution in [0.5, 0.6) is 5.75 Å². The Labute approximate surface area is 210 Å². The van der Waals surface area contributed by atoms with Gasteiger partial charge in [0.15, 0.2) is 0 Å². The standard InChI is InChI=1S/C26H32N6O2S/c1-34-21-7-8-24-22(16-21)28-26(32(24)19-5-3-2-4-6-19)30-11-9-29(10-12-30)20-15-23(27-17-20)25(33)31-13-14-35-18-31/h2-8,16,20,23,27H,9-15,17-18H2,1H3/t20-,23-/m0/s1. The molecule has 1 N–H and O–H groups in total. The van der Waals surface area contributed by atoms with E-state index in [1.165, 1.54) is 0 Å². The fourth-order valence-corrected chi connectivity index (χ4v) is 6.45.